The average Bonchev–Trinajstić information content (AvgIpc) is 2.68. The molecule has 0 radical (unpaired) electrons. The van der Waals surface area contributed by atoms with Crippen molar-refractivity contribution in [2.45, 2.75) is 19.0 Å². The van der Waals surface area contributed by atoms with Gasteiger partial charge in [-0.1, -0.05) is 29.5 Å². The van der Waals surface area contributed by atoms with Crippen molar-refractivity contribution in [2.75, 3.05) is 18.2 Å². The van der Waals surface area contributed by atoms with Crippen LogP contribution in [0.15, 0.2) is 29.4 Å². The van der Waals surface area contributed by atoms with Gasteiger partial charge in [-0.2, -0.15) is 0 Å². The molecule has 5 nitrogen and oxygen atoms in total. The van der Waals surface area contributed by atoms with E-state index in [0.29, 0.717) is 17.6 Å². The topological polar surface area (TPSA) is 66.0 Å². The van der Waals surface area contributed by atoms with Crippen LogP contribution in [0.2, 0.25) is 0 Å². The molecule has 0 bridgehead atoms. The van der Waals surface area contributed by atoms with Crippen LogP contribution in [0.3, 0.4) is 0 Å². The monoisotopic (exact) mass is 264 g/mol. The van der Waals surface area contributed by atoms with E-state index < -0.39 is 0 Å². The van der Waals surface area contributed by atoms with Gasteiger partial charge in [0.2, 0.25) is 5.16 Å². The summed E-state index contributed by atoms with van der Waals surface area (Å²) in [6.07, 6.45) is 0. The standard InChI is InChI=1S/C12H16N4OS/c1-9-3-5-11(6-4-9)17-7-8-18-12-15-14-10(2)16(12)13/h3-6H,7-8,13H2,1-2H3. The number of ether oxygens (including phenoxy) is 1. The highest BCUT2D eigenvalue weighted by molar-refractivity contribution is 7.99. The molecule has 0 saturated carbocycles. The molecule has 0 aliphatic carbocycles. The summed E-state index contributed by atoms with van der Waals surface area (Å²) in [6.45, 7) is 4.48. The molecule has 0 saturated heterocycles. The molecule has 6 heteroatoms. The van der Waals surface area contributed by atoms with Gasteiger partial charge in [0.05, 0.1) is 6.61 Å². The Morgan fingerprint density at radius 3 is 2.56 bits per heavy atom. The van der Waals surface area contributed by atoms with Crippen LogP contribution in [0.5, 0.6) is 5.75 Å². The fourth-order valence-electron chi connectivity index (χ4n) is 1.38. The first-order chi connectivity index (χ1) is 8.66. The number of hydrogen-bond donors (Lipinski definition) is 1. The highest BCUT2D eigenvalue weighted by Gasteiger charge is 2.05. The Balaban J connectivity index is 1.76. The first-order valence-electron chi connectivity index (χ1n) is 5.66. The van der Waals surface area contributed by atoms with E-state index in [-0.39, 0.29) is 0 Å². The molecule has 1 heterocycles. The average molecular weight is 264 g/mol. The quantitative estimate of drug-likeness (QED) is 0.506. The van der Waals surface area contributed by atoms with Crippen molar-refractivity contribution in [1.82, 2.24) is 14.9 Å². The molecule has 0 atom stereocenters. The van der Waals surface area contributed by atoms with Gasteiger partial charge in [-0.3, -0.25) is 0 Å². The minimum atomic E-state index is 0.611. The molecule has 2 rings (SSSR count). The SMILES string of the molecule is Cc1ccc(OCCSc2nnc(C)n2N)cc1. The first kappa shape index (κ1) is 12.8. The molecule has 96 valence electrons. The van der Waals surface area contributed by atoms with Crippen LogP contribution >= 0.6 is 11.8 Å². The van der Waals surface area contributed by atoms with Crippen molar-refractivity contribution in [2.24, 2.45) is 0 Å². The number of hydrogen-bond acceptors (Lipinski definition) is 5. The molecule has 2 aromatic rings. The van der Waals surface area contributed by atoms with E-state index >= 15 is 0 Å². The fourth-order valence-corrected chi connectivity index (χ4v) is 2.09. The third-order valence-corrected chi connectivity index (χ3v) is 3.35. The summed E-state index contributed by atoms with van der Waals surface area (Å²) in [4.78, 5) is 0. The summed E-state index contributed by atoms with van der Waals surface area (Å²) < 4.78 is 7.09. The summed E-state index contributed by atoms with van der Waals surface area (Å²) in [5.74, 6) is 8.11. The van der Waals surface area contributed by atoms with Crippen LogP contribution in [0, 0.1) is 13.8 Å². The molecule has 1 aromatic heterocycles. The van der Waals surface area contributed by atoms with Crippen LogP contribution in [0.1, 0.15) is 11.4 Å². The Hall–Kier alpha value is -1.69. The van der Waals surface area contributed by atoms with Crippen LogP contribution < -0.4 is 10.6 Å². The zero-order chi connectivity index (χ0) is 13.0. The third kappa shape index (κ3) is 3.16. The van der Waals surface area contributed by atoms with Gasteiger partial charge in [0, 0.05) is 5.75 Å². The third-order valence-electron chi connectivity index (χ3n) is 2.44. The second-order valence-electron chi connectivity index (χ2n) is 3.91. The molecule has 1 aromatic carbocycles. The highest BCUT2D eigenvalue weighted by atomic mass is 32.2. The normalized spacial score (nSPS) is 10.6. The minimum absolute atomic E-state index is 0.611. The van der Waals surface area contributed by atoms with Gasteiger partial charge in [0.25, 0.3) is 0 Å². The second-order valence-corrected chi connectivity index (χ2v) is 4.97. The van der Waals surface area contributed by atoms with Gasteiger partial charge < -0.3 is 10.6 Å². The number of rotatable bonds is 5. The highest BCUT2D eigenvalue weighted by Crippen LogP contribution is 2.15. The molecular formula is C12H16N4OS. The lowest BCUT2D eigenvalue weighted by atomic mass is 10.2. The molecule has 0 spiro atoms. The Labute approximate surface area is 110 Å². The van der Waals surface area contributed by atoms with Crippen LogP contribution in [0.25, 0.3) is 0 Å². The zero-order valence-corrected chi connectivity index (χ0v) is 11.3. The Morgan fingerprint density at radius 2 is 1.94 bits per heavy atom. The van der Waals surface area contributed by atoms with E-state index in [1.54, 1.807) is 0 Å². The van der Waals surface area contributed by atoms with Crippen molar-refractivity contribution in [3.63, 3.8) is 0 Å². The molecule has 18 heavy (non-hydrogen) atoms. The lowest BCUT2D eigenvalue weighted by Crippen LogP contribution is -2.12. The minimum Gasteiger partial charge on any atom is -0.493 e. The Kier molecular flexibility index (Phi) is 4.09. The summed E-state index contributed by atoms with van der Waals surface area (Å²) in [7, 11) is 0. The molecule has 0 aliphatic heterocycles. The number of aromatic nitrogens is 3. The number of nitrogens with zero attached hydrogens (tertiary/aromatic N) is 3. The predicted octanol–water partition coefficient (Wildman–Crippen LogP) is 1.78. The van der Waals surface area contributed by atoms with Crippen LogP contribution in [0.4, 0.5) is 0 Å². The number of aryl methyl sites for hydroxylation is 2. The smallest absolute Gasteiger partial charge is 0.209 e. The Morgan fingerprint density at radius 1 is 1.22 bits per heavy atom. The van der Waals surface area contributed by atoms with Gasteiger partial charge in [0.15, 0.2) is 0 Å². The van der Waals surface area contributed by atoms with E-state index in [2.05, 4.69) is 17.1 Å². The number of nitrogen functional groups attached to an aromatic ring is 1. The fraction of sp³-hybridized carbons (Fsp3) is 0.333. The largest absolute Gasteiger partial charge is 0.493 e. The van der Waals surface area contributed by atoms with Crippen LogP contribution in [-0.2, 0) is 0 Å². The lowest BCUT2D eigenvalue weighted by Gasteiger charge is -2.05. The molecule has 0 unspecified atom stereocenters. The van der Waals surface area contributed by atoms with E-state index in [1.807, 2.05) is 31.2 Å². The van der Waals surface area contributed by atoms with Crippen LogP contribution in [-0.4, -0.2) is 27.2 Å². The van der Waals surface area contributed by atoms with Gasteiger partial charge in [-0.05, 0) is 26.0 Å². The summed E-state index contributed by atoms with van der Waals surface area (Å²) in [6, 6.07) is 8.00. The molecule has 2 N–H and O–H groups in total. The molecule has 0 amide bonds. The molecule has 0 fully saturated rings. The van der Waals surface area contributed by atoms with Gasteiger partial charge in [0.1, 0.15) is 11.6 Å². The molecular weight excluding hydrogens is 248 g/mol. The maximum Gasteiger partial charge on any atom is 0.209 e. The summed E-state index contributed by atoms with van der Waals surface area (Å²) >= 11 is 1.53. The first-order valence-corrected chi connectivity index (χ1v) is 6.65. The summed E-state index contributed by atoms with van der Waals surface area (Å²) in [5, 5.41) is 8.56. The van der Waals surface area contributed by atoms with Gasteiger partial charge >= 0.3 is 0 Å². The van der Waals surface area contributed by atoms with E-state index in [9.17, 15) is 0 Å². The second kappa shape index (κ2) is 5.77. The van der Waals surface area contributed by atoms with E-state index in [1.165, 1.54) is 22.0 Å². The van der Waals surface area contributed by atoms with Crippen molar-refractivity contribution in [1.29, 1.82) is 0 Å². The van der Waals surface area contributed by atoms with Crippen molar-refractivity contribution < 1.29 is 4.74 Å². The van der Waals surface area contributed by atoms with E-state index in [4.69, 9.17) is 10.6 Å². The van der Waals surface area contributed by atoms with Gasteiger partial charge in [-0.15, -0.1) is 10.2 Å². The zero-order valence-electron chi connectivity index (χ0n) is 10.5. The van der Waals surface area contributed by atoms with Crippen molar-refractivity contribution in [3.05, 3.63) is 35.7 Å². The lowest BCUT2D eigenvalue weighted by molar-refractivity contribution is 0.344. The number of thioether (sulfide) groups is 1. The predicted molar refractivity (Wildman–Crippen MR) is 72.3 cm³/mol. The number of nitrogens with two attached hydrogens (primary N) is 1. The maximum absolute atomic E-state index is 5.74. The summed E-state index contributed by atoms with van der Waals surface area (Å²) in [5.41, 5.74) is 1.23. The van der Waals surface area contributed by atoms with Crippen molar-refractivity contribution in [3.8, 4) is 5.75 Å². The number of benzene rings is 1. The maximum atomic E-state index is 5.74. The molecule has 0 aliphatic rings. The van der Waals surface area contributed by atoms with Gasteiger partial charge in [-0.25, -0.2) is 4.68 Å². The Bertz CT molecular complexity index is 509. The van der Waals surface area contributed by atoms with E-state index in [0.717, 1.165) is 11.5 Å². The van der Waals surface area contributed by atoms with Crippen molar-refractivity contribution >= 4 is 11.8 Å².